The van der Waals surface area contributed by atoms with Gasteiger partial charge in [-0.25, -0.2) is 4.39 Å². The molecule has 2 aromatic carbocycles. The van der Waals surface area contributed by atoms with Gasteiger partial charge in [-0.2, -0.15) is 0 Å². The molecule has 7 heteroatoms. The van der Waals surface area contributed by atoms with Gasteiger partial charge in [0.15, 0.2) is 6.10 Å². The molecule has 1 atom stereocenters. The molecule has 166 valence electrons. The molecule has 1 heterocycles. The van der Waals surface area contributed by atoms with Crippen LogP contribution in [0.25, 0.3) is 0 Å². The van der Waals surface area contributed by atoms with Crippen LogP contribution in [0.1, 0.15) is 55.5 Å². The van der Waals surface area contributed by atoms with E-state index >= 15 is 0 Å². The summed E-state index contributed by atoms with van der Waals surface area (Å²) in [6, 6.07) is 11.9. The van der Waals surface area contributed by atoms with Gasteiger partial charge in [0.1, 0.15) is 11.6 Å². The summed E-state index contributed by atoms with van der Waals surface area (Å²) in [5.41, 5.74) is 1.11. The van der Waals surface area contributed by atoms with Crippen molar-refractivity contribution in [1.82, 2.24) is 10.2 Å². The smallest absolute Gasteiger partial charge is 0.260 e. The van der Waals surface area contributed by atoms with Gasteiger partial charge in [0.25, 0.3) is 11.8 Å². The van der Waals surface area contributed by atoms with E-state index < -0.39 is 17.8 Å². The highest BCUT2D eigenvalue weighted by molar-refractivity contribution is 6.33. The van der Waals surface area contributed by atoms with Crippen LogP contribution in [0.3, 0.4) is 0 Å². The van der Waals surface area contributed by atoms with E-state index in [2.05, 4.69) is 19.2 Å². The molecule has 1 fully saturated rings. The lowest BCUT2D eigenvalue weighted by Crippen LogP contribution is -2.49. The average Bonchev–Trinajstić information content (AvgIpc) is 2.74. The van der Waals surface area contributed by atoms with Gasteiger partial charge in [-0.1, -0.05) is 43.6 Å². The number of hydrogen-bond donors (Lipinski definition) is 1. The van der Waals surface area contributed by atoms with Crippen LogP contribution in [0.2, 0.25) is 5.02 Å². The van der Waals surface area contributed by atoms with E-state index in [1.807, 2.05) is 24.3 Å². The second-order valence-corrected chi connectivity index (χ2v) is 8.56. The summed E-state index contributed by atoms with van der Waals surface area (Å²) < 4.78 is 19.8. The number of nitrogens with zero attached hydrogens (tertiary/aromatic N) is 1. The number of hydrogen-bond acceptors (Lipinski definition) is 3. The Balaban J connectivity index is 1.49. The lowest BCUT2D eigenvalue weighted by atomic mass is 10.0. The second-order valence-electron chi connectivity index (χ2n) is 8.16. The summed E-state index contributed by atoms with van der Waals surface area (Å²) in [6.07, 6.45) is 0.528. The zero-order valence-corrected chi connectivity index (χ0v) is 18.8. The maximum atomic E-state index is 14.0. The van der Waals surface area contributed by atoms with Gasteiger partial charge in [0.05, 0.1) is 10.6 Å². The molecule has 31 heavy (non-hydrogen) atoms. The monoisotopic (exact) mass is 446 g/mol. The molecule has 0 aliphatic carbocycles. The normalized spacial score (nSPS) is 15.6. The molecule has 0 radical (unpaired) electrons. The Morgan fingerprint density at radius 2 is 1.74 bits per heavy atom. The van der Waals surface area contributed by atoms with Gasteiger partial charge in [0.2, 0.25) is 0 Å². The second kappa shape index (κ2) is 10.1. The predicted octanol–water partition coefficient (Wildman–Crippen LogP) is 4.79. The number of benzene rings is 2. The standard InChI is InChI=1S/C24H28ClFN2O3/c1-15(2)17-7-9-19(10-8-17)31-16(3)23(29)27-18-11-13-28(14-12-18)24(30)22-20(25)5-4-6-21(22)26/h4-10,15-16,18H,11-14H2,1-3H3,(H,27,29). The molecule has 1 unspecified atom stereocenters. The lowest BCUT2D eigenvalue weighted by Gasteiger charge is -2.33. The van der Waals surface area contributed by atoms with Crippen molar-refractivity contribution in [3.63, 3.8) is 0 Å². The summed E-state index contributed by atoms with van der Waals surface area (Å²) in [6.45, 7) is 6.79. The minimum Gasteiger partial charge on any atom is -0.481 e. The van der Waals surface area contributed by atoms with Gasteiger partial charge in [-0.05, 0) is 55.5 Å². The van der Waals surface area contributed by atoms with E-state index in [1.165, 1.54) is 23.8 Å². The number of carbonyl (C=O) groups excluding carboxylic acids is 2. The summed E-state index contributed by atoms with van der Waals surface area (Å²) in [5, 5.41) is 3.09. The quantitative estimate of drug-likeness (QED) is 0.694. The van der Waals surface area contributed by atoms with Crippen LogP contribution in [-0.2, 0) is 4.79 Å². The van der Waals surface area contributed by atoms with Crippen LogP contribution in [0, 0.1) is 5.82 Å². The zero-order chi connectivity index (χ0) is 22.5. The maximum absolute atomic E-state index is 14.0. The van der Waals surface area contributed by atoms with Crippen molar-refractivity contribution in [3.05, 3.63) is 64.4 Å². The van der Waals surface area contributed by atoms with Crippen molar-refractivity contribution in [2.75, 3.05) is 13.1 Å². The highest BCUT2D eigenvalue weighted by Gasteiger charge is 2.28. The molecule has 1 aliphatic heterocycles. The van der Waals surface area contributed by atoms with E-state index in [1.54, 1.807) is 11.8 Å². The first-order chi connectivity index (χ1) is 14.8. The highest BCUT2D eigenvalue weighted by Crippen LogP contribution is 2.23. The first-order valence-electron chi connectivity index (χ1n) is 10.6. The number of halogens is 2. The zero-order valence-electron chi connectivity index (χ0n) is 18.0. The minimum absolute atomic E-state index is 0.0676. The number of nitrogens with one attached hydrogen (secondary N) is 1. The fourth-order valence-corrected chi connectivity index (χ4v) is 3.84. The molecule has 2 amide bonds. The van der Waals surface area contributed by atoms with E-state index in [-0.39, 0.29) is 22.5 Å². The van der Waals surface area contributed by atoms with E-state index in [0.717, 1.165) is 0 Å². The van der Waals surface area contributed by atoms with Crippen molar-refractivity contribution >= 4 is 23.4 Å². The maximum Gasteiger partial charge on any atom is 0.260 e. The number of piperidine rings is 1. The predicted molar refractivity (Wildman–Crippen MR) is 119 cm³/mol. The van der Waals surface area contributed by atoms with Gasteiger partial charge < -0.3 is 15.0 Å². The molecule has 0 spiro atoms. The SMILES string of the molecule is CC(Oc1ccc(C(C)C)cc1)C(=O)NC1CCN(C(=O)c2c(F)cccc2Cl)CC1. The fraction of sp³-hybridized carbons (Fsp3) is 0.417. The Kier molecular flexibility index (Phi) is 7.55. The van der Waals surface area contributed by atoms with Crippen LogP contribution in [0.15, 0.2) is 42.5 Å². The molecular weight excluding hydrogens is 419 g/mol. The number of rotatable bonds is 6. The molecule has 1 aliphatic rings. The Bertz CT molecular complexity index is 905. The average molecular weight is 447 g/mol. The molecule has 5 nitrogen and oxygen atoms in total. The van der Waals surface area contributed by atoms with Crippen molar-refractivity contribution in [2.24, 2.45) is 0 Å². The van der Waals surface area contributed by atoms with Crippen molar-refractivity contribution in [3.8, 4) is 5.75 Å². The third-order valence-electron chi connectivity index (χ3n) is 5.53. The van der Waals surface area contributed by atoms with Gasteiger partial charge in [-0.15, -0.1) is 0 Å². The van der Waals surface area contributed by atoms with Crippen molar-refractivity contribution in [2.45, 2.75) is 51.7 Å². The summed E-state index contributed by atoms with van der Waals surface area (Å²) in [4.78, 5) is 26.7. The van der Waals surface area contributed by atoms with Crippen LogP contribution < -0.4 is 10.1 Å². The van der Waals surface area contributed by atoms with E-state index in [0.29, 0.717) is 37.6 Å². The Morgan fingerprint density at radius 3 is 2.32 bits per heavy atom. The highest BCUT2D eigenvalue weighted by atomic mass is 35.5. The first kappa shape index (κ1) is 23.1. The van der Waals surface area contributed by atoms with Gasteiger partial charge >= 0.3 is 0 Å². The molecular formula is C24H28ClFN2O3. The number of amides is 2. The van der Waals surface area contributed by atoms with E-state index in [9.17, 15) is 14.0 Å². The molecule has 1 N–H and O–H groups in total. The third kappa shape index (κ3) is 5.76. The molecule has 1 saturated heterocycles. The van der Waals surface area contributed by atoms with Crippen LogP contribution in [0.4, 0.5) is 4.39 Å². The van der Waals surface area contributed by atoms with Crippen LogP contribution in [-0.4, -0.2) is 41.9 Å². The van der Waals surface area contributed by atoms with Gasteiger partial charge in [-0.3, -0.25) is 9.59 Å². The summed E-state index contributed by atoms with van der Waals surface area (Å²) in [7, 11) is 0. The Labute approximate surface area is 187 Å². The van der Waals surface area contributed by atoms with Crippen molar-refractivity contribution in [1.29, 1.82) is 0 Å². The van der Waals surface area contributed by atoms with E-state index in [4.69, 9.17) is 16.3 Å². The summed E-state index contributed by atoms with van der Waals surface area (Å²) >= 11 is 6.01. The number of likely N-dealkylation sites (tertiary alicyclic amines) is 1. The Hall–Kier alpha value is -2.60. The molecule has 3 rings (SSSR count). The number of carbonyl (C=O) groups is 2. The van der Waals surface area contributed by atoms with Crippen LogP contribution in [0.5, 0.6) is 5.75 Å². The molecule has 2 aromatic rings. The molecule has 0 saturated carbocycles. The van der Waals surface area contributed by atoms with Crippen LogP contribution >= 0.6 is 11.6 Å². The molecule has 0 bridgehead atoms. The first-order valence-corrected chi connectivity index (χ1v) is 10.9. The minimum atomic E-state index is -0.637. The largest absolute Gasteiger partial charge is 0.481 e. The Morgan fingerprint density at radius 1 is 1.10 bits per heavy atom. The van der Waals surface area contributed by atoms with Gasteiger partial charge in [0, 0.05) is 19.1 Å². The third-order valence-corrected chi connectivity index (χ3v) is 5.85. The molecule has 0 aromatic heterocycles. The fourth-order valence-electron chi connectivity index (χ4n) is 3.59. The number of ether oxygens (including phenoxy) is 1. The van der Waals surface area contributed by atoms with Crippen molar-refractivity contribution < 1.29 is 18.7 Å². The topological polar surface area (TPSA) is 58.6 Å². The lowest BCUT2D eigenvalue weighted by molar-refractivity contribution is -0.128. The summed E-state index contributed by atoms with van der Waals surface area (Å²) in [5.74, 6) is -0.166.